The third-order valence-electron chi connectivity index (χ3n) is 10.0. The fourth-order valence-electron chi connectivity index (χ4n) is 6.80. The van der Waals surface area contributed by atoms with E-state index in [9.17, 15) is 45.7 Å². The van der Waals surface area contributed by atoms with E-state index in [1.165, 1.54) is 80.9 Å². The number of phenols is 2. The van der Waals surface area contributed by atoms with Crippen LogP contribution in [-0.2, 0) is 39.0 Å². The molecule has 0 radical (unpaired) electrons. The molecule has 386 valence electrons. The first kappa shape index (κ1) is 55.6. The van der Waals surface area contributed by atoms with Crippen molar-refractivity contribution in [1.82, 2.24) is 0 Å². The van der Waals surface area contributed by atoms with Gasteiger partial charge in [-0.1, -0.05) is 62.5 Å². The van der Waals surface area contributed by atoms with Crippen molar-refractivity contribution in [2.45, 2.75) is 19.6 Å². The van der Waals surface area contributed by atoms with Gasteiger partial charge in [-0.2, -0.15) is 16.8 Å². The predicted molar refractivity (Wildman–Crippen MR) is 269 cm³/mol. The molecule has 0 unspecified atom stereocenters. The number of halogens is 4. The summed E-state index contributed by atoms with van der Waals surface area (Å²) in [4.78, 5) is 25.1. The predicted octanol–water partition coefficient (Wildman–Crippen LogP) is 12.7. The zero-order valence-electron chi connectivity index (χ0n) is 36.6. The fraction of sp³-hybridized carbons (Fsp3) is 0.0476. The summed E-state index contributed by atoms with van der Waals surface area (Å²) in [6, 6.07) is 16.8. The standard InChI is InChI=1S/C42H28Cl4N6O18S4/c1-65-30-16-27(50-52-38-33(74(62,63)64)12-18-8-20(71-69-67-57)13-28(34(18)40(38)54)48-42(56)22-4-3-5-24(44)36(22)46)31(66-2)15-26(30)49-51-37-32(72-70-68-58)11-19-9-21(73(59,60)61)14-29(35(19)39(37)53)47-41(55)17-6-7-23(43)25(45)10-17/h3-16,53-54,57-58H,1-2H3,(H,47,55)(H,48,56)(H,59,60,61)(H,62,63,64). The number of ether oxygens (including phenoxy) is 2. The number of carbonyl (C=O) groups is 2. The number of anilines is 2. The number of fused-ring (bicyclic) bond motifs is 2. The van der Waals surface area contributed by atoms with E-state index in [4.69, 9.17) is 66.4 Å². The number of nitrogens with one attached hydrogen (secondary N) is 2. The van der Waals surface area contributed by atoms with Gasteiger partial charge in [-0.3, -0.25) is 18.7 Å². The first-order valence-electron chi connectivity index (χ1n) is 19.6. The molecule has 0 bridgehead atoms. The van der Waals surface area contributed by atoms with Gasteiger partial charge >= 0.3 is 0 Å². The van der Waals surface area contributed by atoms with Crippen LogP contribution in [0.4, 0.5) is 34.1 Å². The molecule has 2 amide bonds. The van der Waals surface area contributed by atoms with Crippen LogP contribution in [0.3, 0.4) is 0 Å². The quantitative estimate of drug-likeness (QED) is 0.0130. The molecule has 7 aromatic rings. The molecule has 0 aromatic heterocycles. The van der Waals surface area contributed by atoms with Crippen molar-refractivity contribution in [2.24, 2.45) is 20.5 Å². The first-order valence-corrected chi connectivity index (χ1v) is 25.5. The Morgan fingerprint density at radius 1 is 0.608 bits per heavy atom. The third kappa shape index (κ3) is 12.2. The minimum Gasteiger partial charge on any atom is -0.505 e. The average molecular weight is 1170 g/mol. The van der Waals surface area contributed by atoms with Crippen LogP contribution in [0.1, 0.15) is 20.7 Å². The van der Waals surface area contributed by atoms with Gasteiger partial charge in [0, 0.05) is 33.4 Å². The zero-order valence-corrected chi connectivity index (χ0v) is 42.9. The molecule has 74 heavy (non-hydrogen) atoms. The fourth-order valence-corrected chi connectivity index (χ4v) is 9.63. The molecule has 32 heteroatoms. The number of hydrogen-bond acceptors (Lipinski definition) is 22. The van der Waals surface area contributed by atoms with E-state index in [0.29, 0.717) is 12.0 Å². The van der Waals surface area contributed by atoms with Gasteiger partial charge in [0.2, 0.25) is 0 Å². The average Bonchev–Trinajstić information content (AvgIpc) is 3.35. The van der Waals surface area contributed by atoms with E-state index in [1.54, 1.807) is 0 Å². The largest absolute Gasteiger partial charge is 0.505 e. The molecule has 0 aliphatic carbocycles. The molecule has 0 atom stereocenters. The summed E-state index contributed by atoms with van der Waals surface area (Å²) >= 11 is 25.1. The minimum absolute atomic E-state index is 0.00511. The monoisotopic (exact) mass is 1170 g/mol. The van der Waals surface area contributed by atoms with Gasteiger partial charge < -0.3 is 30.3 Å². The summed E-state index contributed by atoms with van der Waals surface area (Å²) in [5.41, 5.74) is -2.42. The van der Waals surface area contributed by atoms with Crippen LogP contribution < -0.4 is 20.1 Å². The molecule has 24 nitrogen and oxygen atoms in total. The Morgan fingerprint density at radius 3 is 1.78 bits per heavy atom. The van der Waals surface area contributed by atoms with Crippen molar-refractivity contribution >= 4 is 158 Å². The molecular weight excluding hydrogens is 1150 g/mol. The van der Waals surface area contributed by atoms with E-state index >= 15 is 0 Å². The van der Waals surface area contributed by atoms with Crippen molar-refractivity contribution < 1.29 is 84.5 Å². The molecule has 0 heterocycles. The second-order valence-electron chi connectivity index (χ2n) is 14.4. The zero-order chi connectivity index (χ0) is 53.8. The molecule has 7 rings (SSSR count). The number of aromatic hydroxyl groups is 2. The number of carbonyl (C=O) groups excluding carboxylic acids is 2. The van der Waals surface area contributed by atoms with Crippen LogP contribution in [0.25, 0.3) is 21.5 Å². The van der Waals surface area contributed by atoms with Crippen LogP contribution in [-0.4, -0.2) is 72.7 Å². The van der Waals surface area contributed by atoms with Gasteiger partial charge in [0.15, 0.2) is 11.5 Å². The van der Waals surface area contributed by atoms with Gasteiger partial charge in [0.05, 0.1) is 85.1 Å². The highest BCUT2D eigenvalue weighted by Gasteiger charge is 2.27. The molecule has 8 N–H and O–H groups in total. The van der Waals surface area contributed by atoms with Gasteiger partial charge in [0.1, 0.15) is 39.1 Å². The van der Waals surface area contributed by atoms with Gasteiger partial charge in [-0.05, 0) is 77.5 Å². The van der Waals surface area contributed by atoms with Crippen LogP contribution >= 0.6 is 70.5 Å². The Kier molecular flexibility index (Phi) is 17.4. The van der Waals surface area contributed by atoms with Crippen LogP contribution in [0.2, 0.25) is 20.1 Å². The normalized spacial score (nSPS) is 12.0. The lowest BCUT2D eigenvalue weighted by molar-refractivity contribution is -0.432. The molecular formula is C42H28Cl4N6O18S4. The summed E-state index contributed by atoms with van der Waals surface area (Å²) in [5.74, 6) is -3.75. The number of phenolic OH excluding ortho intramolecular Hbond substituents is 2. The Bertz CT molecular complexity index is 3730. The minimum atomic E-state index is -5.24. The van der Waals surface area contributed by atoms with Crippen molar-refractivity contribution in [3.05, 3.63) is 116 Å². The maximum Gasteiger partial charge on any atom is 0.296 e. The summed E-state index contributed by atoms with van der Waals surface area (Å²) in [7, 11) is -7.81. The summed E-state index contributed by atoms with van der Waals surface area (Å²) in [6.45, 7) is 0. The third-order valence-corrected chi connectivity index (χ3v) is 14.4. The van der Waals surface area contributed by atoms with Crippen LogP contribution in [0.15, 0.2) is 125 Å². The first-order chi connectivity index (χ1) is 35.1. The summed E-state index contributed by atoms with van der Waals surface area (Å²) in [6.07, 6.45) is 0. The van der Waals surface area contributed by atoms with Crippen molar-refractivity contribution in [1.29, 1.82) is 0 Å². The Morgan fingerprint density at radius 2 is 1.19 bits per heavy atom. The highest BCUT2D eigenvalue weighted by Crippen LogP contribution is 2.50. The second kappa shape index (κ2) is 23.2. The highest BCUT2D eigenvalue weighted by molar-refractivity contribution is 7.95. The molecule has 0 aliphatic rings. The topological polar surface area (TPSA) is 353 Å². The van der Waals surface area contributed by atoms with Gasteiger partial charge in [-0.25, -0.2) is 10.5 Å². The van der Waals surface area contributed by atoms with Crippen molar-refractivity contribution in [3.63, 3.8) is 0 Å². The second-order valence-corrected chi connectivity index (χ2v) is 20.3. The number of hydrogen-bond donors (Lipinski definition) is 8. The number of nitrogens with zero attached hydrogens (tertiary/aromatic N) is 4. The van der Waals surface area contributed by atoms with E-state index in [-0.39, 0.29) is 109 Å². The van der Waals surface area contributed by atoms with E-state index in [1.807, 2.05) is 0 Å². The van der Waals surface area contributed by atoms with E-state index < -0.39 is 64.7 Å². The van der Waals surface area contributed by atoms with Crippen LogP contribution in [0, 0.1) is 0 Å². The lowest BCUT2D eigenvalue weighted by Gasteiger charge is -2.16. The maximum absolute atomic E-state index is 13.5. The lowest BCUT2D eigenvalue weighted by atomic mass is 10.1. The summed E-state index contributed by atoms with van der Waals surface area (Å²) in [5, 5.41) is 69.4. The lowest BCUT2D eigenvalue weighted by Crippen LogP contribution is -2.13. The van der Waals surface area contributed by atoms with Crippen molar-refractivity contribution in [2.75, 3.05) is 24.9 Å². The number of benzene rings is 7. The molecule has 0 saturated carbocycles. The maximum atomic E-state index is 13.5. The molecule has 7 aromatic carbocycles. The van der Waals surface area contributed by atoms with Crippen LogP contribution in [0.5, 0.6) is 23.0 Å². The number of amides is 2. The molecule has 0 spiro atoms. The van der Waals surface area contributed by atoms with E-state index in [0.717, 1.165) is 18.2 Å². The van der Waals surface area contributed by atoms with E-state index in [2.05, 4.69) is 49.8 Å². The molecule has 0 fully saturated rings. The van der Waals surface area contributed by atoms with Gasteiger partial charge in [-0.15, -0.1) is 29.1 Å². The molecule has 0 aliphatic heterocycles. The Balaban J connectivity index is 1.34. The SMILES string of the molecule is COc1cc(N=Nc2c(S(=O)(=O)O)cc3cc(SOOO)cc(NC(=O)c4cccc(Cl)c4Cl)c3c2O)c(OC)cc1N=Nc1c(SOOO)cc2cc(S(=O)(=O)O)cc(NC(=O)c3ccc(Cl)c(Cl)c3)c2c1O. The number of methoxy groups -OCH3 is 2. The molecule has 0 saturated heterocycles. The Labute approximate surface area is 444 Å². The number of rotatable bonds is 18. The highest BCUT2D eigenvalue weighted by atomic mass is 35.5. The Hall–Kier alpha value is -6.16. The van der Waals surface area contributed by atoms with Gasteiger partial charge in [0.25, 0.3) is 32.1 Å². The number of azo groups is 2. The smallest absolute Gasteiger partial charge is 0.296 e. The summed E-state index contributed by atoms with van der Waals surface area (Å²) < 4.78 is 90.9. The van der Waals surface area contributed by atoms with Crippen molar-refractivity contribution in [3.8, 4) is 23.0 Å².